The van der Waals surface area contributed by atoms with Crippen LogP contribution in [-0.4, -0.2) is 31.3 Å². The summed E-state index contributed by atoms with van der Waals surface area (Å²) in [5, 5.41) is 6.75. The first-order valence-corrected chi connectivity index (χ1v) is 13.8. The summed E-state index contributed by atoms with van der Waals surface area (Å²) in [6, 6.07) is 5.35. The summed E-state index contributed by atoms with van der Waals surface area (Å²) in [5.41, 5.74) is 7.34. The highest BCUT2D eigenvalue weighted by atomic mass is 19.1. The molecular weight excluding hydrogens is 451 g/mol. The number of carbonyl (C=O) groups is 1. The number of unbranched alkanes of at least 4 members (excludes halogenated alkanes) is 2. The highest BCUT2D eigenvalue weighted by molar-refractivity contribution is 5.98. The summed E-state index contributed by atoms with van der Waals surface area (Å²) >= 11 is 0. The standard InChI is InChI=1S/C15H17FN2O.C12H25N.C2H6.CH5N/c1-8-7-12(5-6-13(8)16)15-14(10(3)19)9(2)17-11(4)18-15;1-3-4-5-10-13-12-8-6-11(2)7-9-12;2*1-2/h5-7,15H,1-4H3,(H,17,18);11-13H,3-10H2,1-2H3;1-2H3;2H2,1H3. The molecule has 4 N–H and O–H groups in total. The lowest BCUT2D eigenvalue weighted by molar-refractivity contribution is -0.114. The second-order valence-corrected chi connectivity index (χ2v) is 9.46. The van der Waals surface area contributed by atoms with Gasteiger partial charge < -0.3 is 16.4 Å². The first-order valence-electron chi connectivity index (χ1n) is 13.8. The lowest BCUT2D eigenvalue weighted by atomic mass is 9.87. The molecule has 2 aliphatic rings. The van der Waals surface area contributed by atoms with Crippen molar-refractivity contribution >= 4 is 11.6 Å². The van der Waals surface area contributed by atoms with E-state index in [0.29, 0.717) is 11.1 Å². The van der Waals surface area contributed by atoms with Crippen molar-refractivity contribution in [3.63, 3.8) is 0 Å². The number of nitrogens with one attached hydrogen (secondary N) is 2. The number of aryl methyl sites for hydroxylation is 1. The minimum absolute atomic E-state index is 0.0202. The molecule has 36 heavy (non-hydrogen) atoms. The van der Waals surface area contributed by atoms with Gasteiger partial charge in [-0.25, -0.2) is 4.39 Å². The van der Waals surface area contributed by atoms with E-state index < -0.39 is 0 Å². The van der Waals surface area contributed by atoms with Gasteiger partial charge in [0.1, 0.15) is 11.9 Å². The largest absolute Gasteiger partial charge is 0.348 e. The highest BCUT2D eigenvalue weighted by Gasteiger charge is 2.26. The van der Waals surface area contributed by atoms with Gasteiger partial charge >= 0.3 is 0 Å². The SMILES string of the molecule is CC.CC(=O)C1=C(C)NC(C)=NC1c1ccc(F)c(C)c1.CCCCCNC1CCC(C)CC1.CN. The third-order valence-electron chi connectivity index (χ3n) is 6.47. The molecule has 6 heteroatoms. The number of benzene rings is 1. The lowest BCUT2D eigenvalue weighted by Gasteiger charge is -2.27. The van der Waals surface area contributed by atoms with Crippen molar-refractivity contribution < 1.29 is 9.18 Å². The summed E-state index contributed by atoms with van der Waals surface area (Å²) in [5.74, 6) is 1.47. The molecule has 1 heterocycles. The number of rotatable bonds is 7. The number of nitrogens with two attached hydrogens (primary N) is 1. The first-order chi connectivity index (χ1) is 17.2. The quantitative estimate of drug-likeness (QED) is 0.349. The third-order valence-corrected chi connectivity index (χ3v) is 6.47. The predicted octanol–water partition coefficient (Wildman–Crippen LogP) is 7.01. The van der Waals surface area contributed by atoms with Crippen molar-refractivity contribution in [2.75, 3.05) is 13.6 Å². The summed E-state index contributed by atoms with van der Waals surface area (Å²) < 4.78 is 13.3. The van der Waals surface area contributed by atoms with Crippen LogP contribution in [0.1, 0.15) is 111 Å². The van der Waals surface area contributed by atoms with Crippen LogP contribution in [0.4, 0.5) is 4.39 Å². The number of halogens is 1. The number of hydrogen-bond donors (Lipinski definition) is 3. The van der Waals surface area contributed by atoms with Crippen LogP contribution in [0.3, 0.4) is 0 Å². The zero-order valence-electron chi connectivity index (χ0n) is 24.4. The molecule has 1 fully saturated rings. The fraction of sp³-hybridized carbons (Fsp3) is 0.667. The average Bonchev–Trinajstić information content (AvgIpc) is 2.87. The van der Waals surface area contributed by atoms with Crippen molar-refractivity contribution in [3.05, 3.63) is 46.4 Å². The van der Waals surface area contributed by atoms with Gasteiger partial charge in [-0.1, -0.05) is 52.7 Å². The molecule has 206 valence electrons. The molecule has 0 bridgehead atoms. The number of hydrogen-bond acceptors (Lipinski definition) is 5. The number of carbonyl (C=O) groups excluding carboxylic acids is 1. The predicted molar refractivity (Wildman–Crippen MR) is 154 cm³/mol. The van der Waals surface area contributed by atoms with Crippen LogP contribution in [0.15, 0.2) is 34.5 Å². The molecule has 1 saturated carbocycles. The minimum Gasteiger partial charge on any atom is -0.348 e. The number of allylic oxidation sites excluding steroid dienone is 1. The van der Waals surface area contributed by atoms with Crippen LogP contribution < -0.4 is 16.4 Å². The topological polar surface area (TPSA) is 79.5 Å². The van der Waals surface area contributed by atoms with Crippen molar-refractivity contribution in [2.24, 2.45) is 16.6 Å². The lowest BCUT2D eigenvalue weighted by Crippen LogP contribution is -2.33. The van der Waals surface area contributed by atoms with E-state index in [1.165, 1.54) is 71.5 Å². The second kappa shape index (κ2) is 19.1. The normalized spacial score (nSPS) is 20.9. The maximum atomic E-state index is 13.3. The van der Waals surface area contributed by atoms with Gasteiger partial charge in [-0.05, 0) is 96.5 Å². The maximum Gasteiger partial charge on any atom is 0.160 e. The van der Waals surface area contributed by atoms with Crippen LogP contribution in [-0.2, 0) is 4.79 Å². The van der Waals surface area contributed by atoms with Gasteiger partial charge in [-0.3, -0.25) is 9.79 Å². The van der Waals surface area contributed by atoms with Gasteiger partial charge in [-0.15, -0.1) is 0 Å². The molecule has 3 rings (SSSR count). The van der Waals surface area contributed by atoms with E-state index in [1.807, 2.05) is 27.7 Å². The van der Waals surface area contributed by atoms with Crippen LogP contribution in [0.25, 0.3) is 0 Å². The molecule has 5 nitrogen and oxygen atoms in total. The van der Waals surface area contributed by atoms with Crippen LogP contribution in [0, 0.1) is 18.7 Å². The molecule has 0 amide bonds. The molecule has 1 aromatic carbocycles. The zero-order chi connectivity index (χ0) is 27.7. The molecule has 0 radical (unpaired) electrons. The maximum absolute atomic E-state index is 13.3. The van der Waals surface area contributed by atoms with Gasteiger partial charge in [0.15, 0.2) is 5.78 Å². The van der Waals surface area contributed by atoms with E-state index in [-0.39, 0.29) is 17.6 Å². The fourth-order valence-electron chi connectivity index (χ4n) is 4.52. The Morgan fingerprint density at radius 3 is 2.25 bits per heavy atom. The summed E-state index contributed by atoms with van der Waals surface area (Å²) in [4.78, 5) is 16.3. The van der Waals surface area contributed by atoms with Crippen LogP contribution in [0.5, 0.6) is 0 Å². The monoisotopic (exact) mass is 504 g/mol. The van der Waals surface area contributed by atoms with E-state index in [9.17, 15) is 9.18 Å². The molecule has 1 aliphatic carbocycles. The fourth-order valence-corrected chi connectivity index (χ4v) is 4.52. The molecule has 1 atom stereocenters. The minimum atomic E-state index is -0.349. The van der Waals surface area contributed by atoms with Crippen molar-refractivity contribution in [2.45, 2.75) is 112 Å². The van der Waals surface area contributed by atoms with Crippen molar-refractivity contribution in [3.8, 4) is 0 Å². The van der Waals surface area contributed by atoms with Crippen LogP contribution in [0.2, 0.25) is 0 Å². The molecule has 1 unspecified atom stereocenters. The number of amidine groups is 1. The summed E-state index contributed by atoms with van der Waals surface area (Å²) in [6.07, 6.45) is 9.78. The Bertz CT molecular complexity index is 826. The van der Waals surface area contributed by atoms with E-state index in [4.69, 9.17) is 0 Å². The average molecular weight is 505 g/mol. The number of nitrogens with zero attached hydrogens (tertiary/aromatic N) is 1. The molecule has 0 spiro atoms. The van der Waals surface area contributed by atoms with Crippen LogP contribution >= 0.6 is 0 Å². The Balaban J connectivity index is 0.000000630. The number of Topliss-reactive ketones (excluding diaryl/α,β-unsaturated/α-hetero) is 1. The Hall–Kier alpha value is -2.05. The molecule has 0 aromatic heterocycles. The zero-order valence-corrected chi connectivity index (χ0v) is 24.4. The summed E-state index contributed by atoms with van der Waals surface area (Å²) in [7, 11) is 1.50. The molecule has 1 aromatic rings. The second-order valence-electron chi connectivity index (χ2n) is 9.46. The van der Waals surface area contributed by atoms with Gasteiger partial charge in [0.2, 0.25) is 0 Å². The Labute approximate surface area is 220 Å². The molecule has 1 aliphatic heterocycles. The smallest absolute Gasteiger partial charge is 0.160 e. The third kappa shape index (κ3) is 11.8. The number of ketones is 1. The Morgan fingerprint density at radius 1 is 1.11 bits per heavy atom. The van der Waals surface area contributed by atoms with E-state index in [1.54, 1.807) is 19.1 Å². The Kier molecular flexibility index (Phi) is 18.0. The van der Waals surface area contributed by atoms with E-state index >= 15 is 0 Å². The Morgan fingerprint density at radius 2 is 1.72 bits per heavy atom. The van der Waals surface area contributed by atoms with Crippen molar-refractivity contribution in [1.82, 2.24) is 10.6 Å². The highest BCUT2D eigenvalue weighted by Crippen LogP contribution is 2.31. The first kappa shape index (κ1) is 34.0. The van der Waals surface area contributed by atoms with Crippen molar-refractivity contribution in [1.29, 1.82) is 0 Å². The van der Waals surface area contributed by atoms with E-state index in [0.717, 1.165) is 29.1 Å². The summed E-state index contributed by atoms with van der Waals surface area (Å²) in [6.45, 7) is 16.8. The van der Waals surface area contributed by atoms with Gasteiger partial charge in [-0.2, -0.15) is 0 Å². The van der Waals surface area contributed by atoms with Gasteiger partial charge in [0.05, 0.1) is 5.84 Å². The van der Waals surface area contributed by atoms with E-state index in [2.05, 4.69) is 35.2 Å². The molecule has 0 saturated heterocycles. The van der Waals surface area contributed by atoms with Gasteiger partial charge in [0, 0.05) is 17.3 Å². The molecular formula is C30H53FN4O. The number of aliphatic imine (C=N–C) groups is 1. The van der Waals surface area contributed by atoms with Gasteiger partial charge in [0.25, 0.3) is 0 Å².